The van der Waals surface area contributed by atoms with E-state index in [4.69, 9.17) is 5.73 Å². The van der Waals surface area contributed by atoms with Gasteiger partial charge in [0.05, 0.1) is 11.4 Å². The predicted molar refractivity (Wildman–Crippen MR) is 85.2 cm³/mol. The molecule has 3 N–H and O–H groups in total. The zero-order valence-corrected chi connectivity index (χ0v) is 12.3. The van der Waals surface area contributed by atoms with Crippen LogP contribution in [0.1, 0.15) is 11.1 Å². The Labute approximate surface area is 127 Å². The normalized spacial score (nSPS) is 10.6. The molecule has 0 atom stereocenters. The number of benzene rings is 1. The summed E-state index contributed by atoms with van der Waals surface area (Å²) in [5.74, 6) is 0.200. The highest BCUT2D eigenvalue weighted by Crippen LogP contribution is 2.33. The lowest BCUT2D eigenvalue weighted by atomic mass is 9.96. The number of aryl methyl sites for hydroxylation is 2. The Morgan fingerprint density at radius 2 is 1.82 bits per heavy atom. The Morgan fingerprint density at radius 1 is 1.09 bits per heavy atom. The third-order valence-corrected chi connectivity index (χ3v) is 3.48. The van der Waals surface area contributed by atoms with Gasteiger partial charge in [0.2, 0.25) is 5.95 Å². The minimum Gasteiger partial charge on any atom is -0.368 e. The van der Waals surface area contributed by atoms with Crippen molar-refractivity contribution in [2.24, 2.45) is 0 Å². The number of aromatic amines is 1. The molecule has 3 rings (SSSR count). The number of H-pyrrole nitrogens is 1. The smallest absolute Gasteiger partial charge is 0.264 e. The molecule has 0 bridgehead atoms. The molecule has 1 aromatic carbocycles. The number of aromatic nitrogens is 4. The fraction of sp³-hybridized carbons (Fsp3) is 0.125. The molecular formula is C16H15N5O. The Hall–Kier alpha value is -3.02. The highest BCUT2D eigenvalue weighted by atomic mass is 16.1. The van der Waals surface area contributed by atoms with Crippen molar-refractivity contribution >= 4 is 5.95 Å². The molecule has 0 aliphatic carbocycles. The van der Waals surface area contributed by atoms with Gasteiger partial charge in [0, 0.05) is 23.4 Å². The molecular weight excluding hydrogens is 278 g/mol. The lowest BCUT2D eigenvalue weighted by Crippen LogP contribution is -2.07. The molecule has 0 radical (unpaired) electrons. The maximum Gasteiger partial charge on any atom is 0.264 e. The van der Waals surface area contributed by atoms with Crippen LogP contribution >= 0.6 is 0 Å². The standard InChI is InChI=1S/C16H15N5O/c1-9-4-3-5-10(2)14(9)15-11(8-18-16(17)19-15)12-6-7-13(22)21-20-12/h3-8H,1-2H3,(H,21,22)(H2,17,18,19). The maximum absolute atomic E-state index is 11.2. The number of rotatable bonds is 2. The zero-order valence-electron chi connectivity index (χ0n) is 12.3. The number of nitrogens with one attached hydrogen (secondary N) is 1. The number of anilines is 1. The molecule has 0 fully saturated rings. The average molecular weight is 293 g/mol. The summed E-state index contributed by atoms with van der Waals surface area (Å²) in [6.45, 7) is 4.04. The molecule has 6 heteroatoms. The van der Waals surface area contributed by atoms with Crippen LogP contribution in [-0.4, -0.2) is 20.2 Å². The third kappa shape index (κ3) is 2.46. The number of nitrogens with two attached hydrogens (primary N) is 1. The second kappa shape index (κ2) is 5.40. The Morgan fingerprint density at radius 3 is 2.45 bits per heavy atom. The fourth-order valence-electron chi connectivity index (χ4n) is 2.46. The van der Waals surface area contributed by atoms with Crippen molar-refractivity contribution in [3.8, 4) is 22.5 Å². The van der Waals surface area contributed by atoms with Gasteiger partial charge in [0.15, 0.2) is 0 Å². The van der Waals surface area contributed by atoms with Gasteiger partial charge in [0.25, 0.3) is 5.56 Å². The van der Waals surface area contributed by atoms with E-state index in [9.17, 15) is 4.79 Å². The largest absolute Gasteiger partial charge is 0.368 e. The van der Waals surface area contributed by atoms with Gasteiger partial charge in [0.1, 0.15) is 0 Å². The van der Waals surface area contributed by atoms with Crippen LogP contribution in [0.2, 0.25) is 0 Å². The highest BCUT2D eigenvalue weighted by Gasteiger charge is 2.15. The summed E-state index contributed by atoms with van der Waals surface area (Å²) in [6, 6.07) is 9.10. The molecule has 0 aliphatic rings. The van der Waals surface area contributed by atoms with Gasteiger partial charge in [-0.1, -0.05) is 18.2 Å². The second-order valence-corrected chi connectivity index (χ2v) is 5.06. The third-order valence-electron chi connectivity index (χ3n) is 3.48. The summed E-state index contributed by atoms with van der Waals surface area (Å²) in [5.41, 5.74) is 10.7. The quantitative estimate of drug-likeness (QED) is 0.754. The number of nitrogen functional groups attached to an aromatic ring is 1. The first kappa shape index (κ1) is 13.9. The van der Waals surface area contributed by atoms with E-state index in [0.717, 1.165) is 22.3 Å². The zero-order chi connectivity index (χ0) is 15.7. The Balaban J connectivity index is 2.30. The number of hydrogen-bond acceptors (Lipinski definition) is 5. The summed E-state index contributed by atoms with van der Waals surface area (Å²) >= 11 is 0. The maximum atomic E-state index is 11.2. The van der Waals surface area contributed by atoms with Gasteiger partial charge >= 0.3 is 0 Å². The van der Waals surface area contributed by atoms with Gasteiger partial charge in [-0.3, -0.25) is 4.79 Å². The van der Waals surface area contributed by atoms with E-state index in [0.29, 0.717) is 11.4 Å². The van der Waals surface area contributed by atoms with Crippen LogP contribution in [0.15, 0.2) is 41.3 Å². The minimum absolute atomic E-state index is 0.200. The molecule has 3 aromatic rings. The van der Waals surface area contributed by atoms with E-state index in [1.807, 2.05) is 32.0 Å². The van der Waals surface area contributed by atoms with Crippen LogP contribution in [0.4, 0.5) is 5.95 Å². The Kier molecular flexibility index (Phi) is 3.42. The summed E-state index contributed by atoms with van der Waals surface area (Å²) in [6.07, 6.45) is 1.63. The van der Waals surface area contributed by atoms with E-state index in [1.165, 1.54) is 6.07 Å². The second-order valence-electron chi connectivity index (χ2n) is 5.06. The van der Waals surface area contributed by atoms with Crippen LogP contribution in [0.25, 0.3) is 22.5 Å². The molecule has 0 saturated carbocycles. The van der Waals surface area contributed by atoms with E-state index in [-0.39, 0.29) is 11.5 Å². The summed E-state index contributed by atoms with van der Waals surface area (Å²) in [5, 5.41) is 6.49. The van der Waals surface area contributed by atoms with Crippen molar-refractivity contribution in [1.29, 1.82) is 0 Å². The van der Waals surface area contributed by atoms with Gasteiger partial charge in [-0.15, -0.1) is 0 Å². The highest BCUT2D eigenvalue weighted by molar-refractivity contribution is 5.82. The predicted octanol–water partition coefficient (Wildman–Crippen LogP) is 2.09. The van der Waals surface area contributed by atoms with Crippen LogP contribution < -0.4 is 11.3 Å². The molecule has 0 saturated heterocycles. The van der Waals surface area contributed by atoms with Crippen LogP contribution in [0.3, 0.4) is 0 Å². The summed E-state index contributed by atoms with van der Waals surface area (Å²) in [7, 11) is 0. The van der Waals surface area contributed by atoms with Crippen LogP contribution in [0.5, 0.6) is 0 Å². The molecule has 0 unspecified atom stereocenters. The average Bonchev–Trinajstić information content (AvgIpc) is 2.48. The molecule has 6 nitrogen and oxygen atoms in total. The van der Waals surface area contributed by atoms with Gasteiger partial charge in [-0.2, -0.15) is 5.10 Å². The summed E-state index contributed by atoms with van der Waals surface area (Å²) < 4.78 is 0. The van der Waals surface area contributed by atoms with Crippen LogP contribution in [-0.2, 0) is 0 Å². The molecule has 2 aromatic heterocycles. The molecule has 22 heavy (non-hydrogen) atoms. The first-order valence-electron chi connectivity index (χ1n) is 6.81. The van der Waals surface area contributed by atoms with Gasteiger partial charge < -0.3 is 5.73 Å². The molecule has 0 amide bonds. The van der Waals surface area contributed by atoms with Gasteiger partial charge in [-0.05, 0) is 31.0 Å². The molecule has 0 spiro atoms. The van der Waals surface area contributed by atoms with Crippen molar-refractivity contribution in [3.63, 3.8) is 0 Å². The van der Waals surface area contributed by atoms with Crippen molar-refractivity contribution in [2.75, 3.05) is 5.73 Å². The van der Waals surface area contributed by atoms with E-state index < -0.39 is 0 Å². The SMILES string of the molecule is Cc1cccc(C)c1-c1nc(N)ncc1-c1ccc(=O)[nH]n1. The molecule has 2 heterocycles. The topological polar surface area (TPSA) is 97.5 Å². The Bertz CT molecular complexity index is 861. The van der Waals surface area contributed by atoms with Crippen molar-refractivity contribution in [1.82, 2.24) is 20.2 Å². The van der Waals surface area contributed by atoms with E-state index >= 15 is 0 Å². The molecule has 0 aliphatic heterocycles. The lowest BCUT2D eigenvalue weighted by molar-refractivity contribution is 0.992. The van der Waals surface area contributed by atoms with Crippen molar-refractivity contribution in [3.05, 3.63) is 58.0 Å². The van der Waals surface area contributed by atoms with Crippen molar-refractivity contribution < 1.29 is 0 Å². The number of hydrogen-bond donors (Lipinski definition) is 2. The van der Waals surface area contributed by atoms with Gasteiger partial charge in [-0.25, -0.2) is 15.1 Å². The van der Waals surface area contributed by atoms with Crippen LogP contribution in [0, 0.1) is 13.8 Å². The fourth-order valence-corrected chi connectivity index (χ4v) is 2.46. The first-order chi connectivity index (χ1) is 10.6. The monoisotopic (exact) mass is 293 g/mol. The lowest BCUT2D eigenvalue weighted by Gasteiger charge is -2.13. The number of nitrogens with zero attached hydrogens (tertiary/aromatic N) is 3. The minimum atomic E-state index is -0.256. The van der Waals surface area contributed by atoms with E-state index in [2.05, 4.69) is 20.2 Å². The molecule has 110 valence electrons. The first-order valence-corrected chi connectivity index (χ1v) is 6.81. The summed E-state index contributed by atoms with van der Waals surface area (Å²) in [4.78, 5) is 19.7. The van der Waals surface area contributed by atoms with E-state index in [1.54, 1.807) is 12.3 Å². The van der Waals surface area contributed by atoms with Crippen molar-refractivity contribution in [2.45, 2.75) is 13.8 Å².